The Hall–Kier alpha value is -1.58. The van der Waals surface area contributed by atoms with Gasteiger partial charge in [0.1, 0.15) is 5.75 Å². The average Bonchev–Trinajstić information content (AvgIpc) is 2.58. The summed E-state index contributed by atoms with van der Waals surface area (Å²) in [6, 6.07) is 12.2. The largest absolute Gasteiger partial charge is 0.494 e. The molecule has 1 unspecified atom stereocenters. The van der Waals surface area contributed by atoms with Crippen LogP contribution < -0.4 is 10.5 Å². The van der Waals surface area contributed by atoms with Crippen LogP contribution in [0.5, 0.6) is 5.75 Å². The molecular weight excluding hydrogens is 286 g/mol. The van der Waals surface area contributed by atoms with E-state index in [9.17, 15) is 0 Å². The molecule has 0 spiro atoms. The minimum atomic E-state index is -0.209. The van der Waals surface area contributed by atoms with Crippen LogP contribution >= 0.6 is 0 Å². The van der Waals surface area contributed by atoms with Crippen LogP contribution in [0.25, 0.3) is 10.8 Å². The predicted octanol–water partition coefficient (Wildman–Crippen LogP) is 4.05. The predicted molar refractivity (Wildman–Crippen MR) is 97.0 cm³/mol. The van der Waals surface area contributed by atoms with Crippen molar-refractivity contribution in [3.05, 3.63) is 42.0 Å². The molecule has 3 heteroatoms. The van der Waals surface area contributed by atoms with Gasteiger partial charge in [0.25, 0.3) is 0 Å². The number of hydrogen-bond acceptors (Lipinski definition) is 3. The summed E-state index contributed by atoms with van der Waals surface area (Å²) in [4.78, 5) is 0. The molecule has 0 amide bonds. The van der Waals surface area contributed by atoms with Crippen molar-refractivity contribution in [3.8, 4) is 5.75 Å². The quantitative estimate of drug-likeness (QED) is 0.650. The molecule has 3 N–H and O–H groups in total. The number of ether oxygens (including phenoxy) is 1. The number of aliphatic hydroxyl groups excluding tert-OH is 1. The van der Waals surface area contributed by atoms with Gasteiger partial charge in [-0.25, -0.2) is 0 Å². The Kier molecular flexibility index (Phi) is 7.37. The number of aliphatic hydroxyl groups is 1. The van der Waals surface area contributed by atoms with Gasteiger partial charge in [-0.2, -0.15) is 0 Å². The fourth-order valence-electron chi connectivity index (χ4n) is 2.84. The third kappa shape index (κ3) is 5.52. The minimum Gasteiger partial charge on any atom is -0.494 e. The number of benzene rings is 2. The monoisotopic (exact) mass is 315 g/mol. The van der Waals surface area contributed by atoms with Crippen LogP contribution in [0.2, 0.25) is 0 Å². The maximum Gasteiger partial charge on any atom is 0.119 e. The summed E-state index contributed by atoms with van der Waals surface area (Å²) < 4.78 is 5.87. The SMILES string of the molecule is CCCCCCCOc1ccc2c(CC(N)CO)cccc2c1. The first-order valence-corrected chi connectivity index (χ1v) is 8.75. The van der Waals surface area contributed by atoms with Crippen molar-refractivity contribution in [2.24, 2.45) is 5.73 Å². The van der Waals surface area contributed by atoms with Crippen LogP contribution in [-0.4, -0.2) is 24.4 Å². The zero-order valence-electron chi connectivity index (χ0n) is 14.1. The second kappa shape index (κ2) is 9.53. The maximum absolute atomic E-state index is 9.14. The van der Waals surface area contributed by atoms with Crippen LogP contribution in [-0.2, 0) is 6.42 Å². The Morgan fingerprint density at radius 3 is 2.70 bits per heavy atom. The van der Waals surface area contributed by atoms with Gasteiger partial charge in [-0.05, 0) is 41.3 Å². The van der Waals surface area contributed by atoms with Crippen LogP contribution in [0.3, 0.4) is 0 Å². The minimum absolute atomic E-state index is 0.00954. The van der Waals surface area contributed by atoms with Gasteiger partial charge >= 0.3 is 0 Å². The molecule has 0 saturated carbocycles. The molecule has 1 atom stereocenters. The topological polar surface area (TPSA) is 55.5 Å². The van der Waals surface area contributed by atoms with Crippen molar-refractivity contribution in [3.63, 3.8) is 0 Å². The van der Waals surface area contributed by atoms with E-state index in [2.05, 4.69) is 31.2 Å². The van der Waals surface area contributed by atoms with Gasteiger partial charge in [0.2, 0.25) is 0 Å². The summed E-state index contributed by atoms with van der Waals surface area (Å²) in [6.45, 7) is 3.02. The third-order valence-electron chi connectivity index (χ3n) is 4.18. The first kappa shape index (κ1) is 17.8. The number of fused-ring (bicyclic) bond motifs is 1. The van der Waals surface area contributed by atoms with Crippen LogP contribution in [0.4, 0.5) is 0 Å². The van der Waals surface area contributed by atoms with E-state index in [0.29, 0.717) is 6.42 Å². The summed E-state index contributed by atoms with van der Waals surface area (Å²) in [5.41, 5.74) is 7.04. The van der Waals surface area contributed by atoms with Gasteiger partial charge < -0.3 is 15.6 Å². The highest BCUT2D eigenvalue weighted by Crippen LogP contribution is 2.25. The van der Waals surface area contributed by atoms with Gasteiger partial charge in [-0.15, -0.1) is 0 Å². The molecule has 23 heavy (non-hydrogen) atoms. The average molecular weight is 315 g/mol. The maximum atomic E-state index is 9.14. The fraction of sp³-hybridized carbons (Fsp3) is 0.500. The molecule has 0 radical (unpaired) electrons. The van der Waals surface area contributed by atoms with Gasteiger partial charge in [0, 0.05) is 6.04 Å². The Labute approximate surface area is 139 Å². The van der Waals surface area contributed by atoms with Crippen molar-refractivity contribution < 1.29 is 9.84 Å². The molecule has 0 saturated heterocycles. The van der Waals surface area contributed by atoms with Crippen molar-refractivity contribution in [2.75, 3.05) is 13.2 Å². The highest BCUT2D eigenvalue weighted by atomic mass is 16.5. The smallest absolute Gasteiger partial charge is 0.119 e. The van der Waals surface area contributed by atoms with Crippen molar-refractivity contribution in [1.82, 2.24) is 0 Å². The van der Waals surface area contributed by atoms with E-state index in [1.54, 1.807) is 0 Å². The molecule has 2 aromatic rings. The van der Waals surface area contributed by atoms with E-state index < -0.39 is 0 Å². The van der Waals surface area contributed by atoms with Gasteiger partial charge in [0.05, 0.1) is 13.2 Å². The first-order chi connectivity index (χ1) is 11.2. The Morgan fingerprint density at radius 2 is 1.91 bits per heavy atom. The van der Waals surface area contributed by atoms with Gasteiger partial charge in [-0.3, -0.25) is 0 Å². The van der Waals surface area contributed by atoms with E-state index in [1.165, 1.54) is 36.6 Å². The molecule has 0 aromatic heterocycles. The fourth-order valence-corrected chi connectivity index (χ4v) is 2.84. The highest BCUT2D eigenvalue weighted by molar-refractivity contribution is 5.87. The molecule has 0 aliphatic rings. The van der Waals surface area contributed by atoms with Crippen LogP contribution in [0, 0.1) is 0 Å². The second-order valence-corrected chi connectivity index (χ2v) is 6.21. The molecule has 0 bridgehead atoms. The molecule has 0 aliphatic heterocycles. The van der Waals surface area contributed by atoms with Crippen LogP contribution in [0.1, 0.15) is 44.6 Å². The zero-order chi connectivity index (χ0) is 16.5. The first-order valence-electron chi connectivity index (χ1n) is 8.75. The normalized spacial score (nSPS) is 12.5. The van der Waals surface area contributed by atoms with Crippen molar-refractivity contribution >= 4 is 10.8 Å². The summed E-state index contributed by atoms with van der Waals surface area (Å²) >= 11 is 0. The summed E-state index contributed by atoms with van der Waals surface area (Å²) in [5.74, 6) is 0.927. The summed E-state index contributed by atoms with van der Waals surface area (Å²) in [5, 5.41) is 11.5. The Bertz CT molecular complexity index is 597. The van der Waals surface area contributed by atoms with E-state index >= 15 is 0 Å². The standard InChI is InChI=1S/C20H29NO2/c1-2-3-4-5-6-12-23-19-10-11-20-16(13-18(21)15-22)8-7-9-17(20)14-19/h7-11,14,18,22H,2-6,12-13,15,21H2,1H3. The lowest BCUT2D eigenvalue weighted by Gasteiger charge is -2.12. The van der Waals surface area contributed by atoms with E-state index in [4.69, 9.17) is 15.6 Å². The number of hydrogen-bond donors (Lipinski definition) is 2. The molecule has 0 heterocycles. The zero-order valence-corrected chi connectivity index (χ0v) is 14.1. The van der Waals surface area contributed by atoms with Crippen LogP contribution in [0.15, 0.2) is 36.4 Å². The molecule has 126 valence electrons. The van der Waals surface area contributed by atoms with Gasteiger partial charge in [0.15, 0.2) is 0 Å². The summed E-state index contributed by atoms with van der Waals surface area (Å²) in [6.07, 6.45) is 6.92. The molecule has 3 nitrogen and oxygen atoms in total. The van der Waals surface area contributed by atoms with E-state index in [-0.39, 0.29) is 12.6 Å². The van der Waals surface area contributed by atoms with Crippen molar-refractivity contribution in [1.29, 1.82) is 0 Å². The number of unbranched alkanes of at least 4 members (excludes halogenated alkanes) is 4. The second-order valence-electron chi connectivity index (χ2n) is 6.21. The highest BCUT2D eigenvalue weighted by Gasteiger charge is 2.07. The summed E-state index contributed by atoms with van der Waals surface area (Å²) in [7, 11) is 0. The lowest BCUT2D eigenvalue weighted by Crippen LogP contribution is -2.26. The number of rotatable bonds is 10. The molecule has 2 aromatic carbocycles. The molecule has 0 fully saturated rings. The Balaban J connectivity index is 1.96. The molecule has 2 rings (SSSR count). The molecule has 0 aliphatic carbocycles. The molecular formula is C20H29NO2. The number of nitrogens with two attached hydrogens (primary N) is 1. The van der Waals surface area contributed by atoms with Gasteiger partial charge in [-0.1, -0.05) is 56.9 Å². The van der Waals surface area contributed by atoms with Crippen molar-refractivity contribution in [2.45, 2.75) is 51.5 Å². The third-order valence-corrected chi connectivity index (χ3v) is 4.18. The lowest BCUT2D eigenvalue weighted by molar-refractivity contribution is 0.265. The van der Waals surface area contributed by atoms with E-state index in [1.807, 2.05) is 12.1 Å². The van der Waals surface area contributed by atoms with E-state index in [0.717, 1.165) is 24.2 Å². The Morgan fingerprint density at radius 1 is 1.09 bits per heavy atom. The lowest BCUT2D eigenvalue weighted by atomic mass is 9.99.